The van der Waals surface area contributed by atoms with E-state index in [0.717, 1.165) is 54.5 Å². The number of aromatic nitrogens is 3. The molecule has 31 heavy (non-hydrogen) atoms. The Labute approximate surface area is 181 Å². The number of fused-ring (bicyclic) bond motifs is 1. The minimum Gasteiger partial charge on any atom is -0.351 e. The van der Waals surface area contributed by atoms with E-state index in [1.54, 1.807) is 0 Å². The lowest BCUT2D eigenvalue weighted by Gasteiger charge is -2.22. The van der Waals surface area contributed by atoms with Gasteiger partial charge >= 0.3 is 0 Å². The molecule has 156 valence electrons. The van der Waals surface area contributed by atoms with Crippen LogP contribution < -0.4 is 9.80 Å². The average Bonchev–Trinajstić information content (AvgIpc) is 3.44. The molecule has 0 spiro atoms. The molecule has 6 nitrogen and oxygen atoms in total. The largest absolute Gasteiger partial charge is 0.351 e. The van der Waals surface area contributed by atoms with E-state index < -0.39 is 0 Å². The second kappa shape index (κ2) is 8.22. The summed E-state index contributed by atoms with van der Waals surface area (Å²) in [6.07, 6.45) is 3.42. The maximum atomic E-state index is 12.0. The van der Waals surface area contributed by atoms with Gasteiger partial charge in [0.15, 0.2) is 5.65 Å². The smallest absolute Gasteiger partial charge is 0.227 e. The first-order valence-corrected chi connectivity index (χ1v) is 10.8. The molecule has 1 fully saturated rings. The molecule has 0 aliphatic carbocycles. The molecule has 1 aliphatic rings. The zero-order valence-electron chi connectivity index (χ0n) is 17.6. The van der Waals surface area contributed by atoms with Crippen molar-refractivity contribution in [2.45, 2.75) is 26.3 Å². The number of anilines is 2. The molecule has 0 atom stereocenters. The summed E-state index contributed by atoms with van der Waals surface area (Å²) in [5, 5.41) is 4.91. The highest BCUT2D eigenvalue weighted by Crippen LogP contribution is 2.27. The summed E-state index contributed by atoms with van der Waals surface area (Å²) >= 11 is 0. The third-order valence-corrected chi connectivity index (χ3v) is 5.82. The fourth-order valence-corrected chi connectivity index (χ4v) is 4.12. The predicted molar refractivity (Wildman–Crippen MR) is 123 cm³/mol. The van der Waals surface area contributed by atoms with Crippen molar-refractivity contribution >= 4 is 23.1 Å². The number of hydrogen-bond acceptors (Lipinski definition) is 4. The van der Waals surface area contributed by atoms with Crippen LogP contribution in [-0.4, -0.2) is 33.6 Å². The fourth-order valence-electron chi connectivity index (χ4n) is 4.12. The van der Waals surface area contributed by atoms with Gasteiger partial charge in [0.1, 0.15) is 5.82 Å². The summed E-state index contributed by atoms with van der Waals surface area (Å²) in [5.41, 5.74) is 4.98. The molecular weight excluding hydrogens is 386 g/mol. The second-order valence-corrected chi connectivity index (χ2v) is 7.80. The van der Waals surface area contributed by atoms with E-state index in [2.05, 4.69) is 41.1 Å². The van der Waals surface area contributed by atoms with E-state index in [0.29, 0.717) is 6.42 Å². The van der Waals surface area contributed by atoms with Crippen LogP contribution in [-0.2, 0) is 11.3 Å². The number of amides is 1. The number of benzene rings is 2. The molecule has 4 aromatic rings. The summed E-state index contributed by atoms with van der Waals surface area (Å²) in [5.74, 6) is 1.12. The van der Waals surface area contributed by atoms with E-state index in [1.807, 2.05) is 58.1 Å². The van der Waals surface area contributed by atoms with Gasteiger partial charge in [-0.25, -0.2) is 9.50 Å². The van der Waals surface area contributed by atoms with Gasteiger partial charge < -0.3 is 9.80 Å². The monoisotopic (exact) mass is 411 g/mol. The molecule has 0 bridgehead atoms. The maximum Gasteiger partial charge on any atom is 0.227 e. The van der Waals surface area contributed by atoms with Gasteiger partial charge in [-0.2, -0.15) is 0 Å². The first kappa shape index (κ1) is 19.3. The van der Waals surface area contributed by atoms with Crippen molar-refractivity contribution in [3.8, 4) is 11.3 Å². The van der Waals surface area contributed by atoms with Crippen LogP contribution in [0.2, 0.25) is 0 Å². The maximum absolute atomic E-state index is 12.0. The van der Waals surface area contributed by atoms with Crippen molar-refractivity contribution in [1.82, 2.24) is 14.6 Å². The van der Waals surface area contributed by atoms with Crippen LogP contribution in [0.5, 0.6) is 0 Å². The second-order valence-electron chi connectivity index (χ2n) is 7.80. The first-order chi connectivity index (χ1) is 15.2. The molecule has 6 heteroatoms. The Kier molecular flexibility index (Phi) is 5.12. The Hall–Kier alpha value is -3.67. The number of carbonyl (C=O) groups excluding carboxylic acids is 1. The van der Waals surface area contributed by atoms with E-state index in [4.69, 9.17) is 5.10 Å². The van der Waals surface area contributed by atoms with Crippen LogP contribution in [0.1, 0.15) is 25.3 Å². The normalized spacial score (nSPS) is 13.8. The highest BCUT2D eigenvalue weighted by atomic mass is 16.2. The fraction of sp³-hybridized carbons (Fsp3) is 0.240. The molecule has 1 amide bonds. The van der Waals surface area contributed by atoms with Crippen molar-refractivity contribution < 1.29 is 4.79 Å². The standard InChI is InChI=1S/C25H25N5O/c1-2-28(18-19-7-4-3-5-8-19)24-15-14-23-26-17-22(30(23)27-24)20-10-12-21(13-11-20)29-16-6-9-25(29)31/h3-5,7-8,10-15,17H,2,6,9,16,18H2,1H3. The first-order valence-electron chi connectivity index (χ1n) is 10.8. The number of hydrogen-bond donors (Lipinski definition) is 0. The molecule has 2 aromatic carbocycles. The Morgan fingerprint density at radius 2 is 1.81 bits per heavy atom. The van der Waals surface area contributed by atoms with E-state index in [-0.39, 0.29) is 5.91 Å². The van der Waals surface area contributed by atoms with Gasteiger partial charge in [-0.05, 0) is 43.2 Å². The number of imidazole rings is 1. The lowest BCUT2D eigenvalue weighted by atomic mass is 10.1. The molecule has 2 aromatic heterocycles. The summed E-state index contributed by atoms with van der Waals surface area (Å²) in [6.45, 7) is 4.60. The molecule has 0 N–H and O–H groups in total. The van der Waals surface area contributed by atoms with E-state index in [1.165, 1.54) is 5.56 Å². The SMILES string of the molecule is CCN(Cc1ccccc1)c1ccc2ncc(-c3ccc(N4CCCC4=O)cc3)n2n1. The van der Waals surface area contributed by atoms with Crippen molar-refractivity contribution in [3.63, 3.8) is 0 Å². The predicted octanol–water partition coefficient (Wildman–Crippen LogP) is 4.55. The van der Waals surface area contributed by atoms with Crippen molar-refractivity contribution in [2.24, 2.45) is 0 Å². The Bertz CT molecular complexity index is 1200. The van der Waals surface area contributed by atoms with Crippen LogP contribution in [0, 0.1) is 0 Å². The number of nitrogens with zero attached hydrogens (tertiary/aromatic N) is 5. The average molecular weight is 412 g/mol. The highest BCUT2D eigenvalue weighted by Gasteiger charge is 2.21. The van der Waals surface area contributed by atoms with Gasteiger partial charge in [-0.3, -0.25) is 4.79 Å². The topological polar surface area (TPSA) is 53.7 Å². The lowest BCUT2D eigenvalue weighted by molar-refractivity contribution is -0.117. The zero-order valence-corrected chi connectivity index (χ0v) is 17.6. The molecule has 0 saturated carbocycles. The number of rotatable bonds is 6. The van der Waals surface area contributed by atoms with Crippen molar-refractivity contribution in [2.75, 3.05) is 22.9 Å². The molecular formula is C25H25N5O. The zero-order chi connectivity index (χ0) is 21.2. The summed E-state index contributed by atoms with van der Waals surface area (Å²) in [6, 6.07) is 22.6. The van der Waals surface area contributed by atoms with Crippen LogP contribution in [0.25, 0.3) is 16.9 Å². The molecule has 5 rings (SSSR count). The van der Waals surface area contributed by atoms with E-state index in [9.17, 15) is 4.79 Å². The van der Waals surface area contributed by atoms with Crippen molar-refractivity contribution in [1.29, 1.82) is 0 Å². The summed E-state index contributed by atoms with van der Waals surface area (Å²) < 4.78 is 1.90. The van der Waals surface area contributed by atoms with Gasteiger partial charge in [0.25, 0.3) is 0 Å². The molecule has 3 heterocycles. The molecule has 0 unspecified atom stereocenters. The third-order valence-electron chi connectivity index (χ3n) is 5.82. The quantitative estimate of drug-likeness (QED) is 0.467. The number of carbonyl (C=O) groups is 1. The Morgan fingerprint density at radius 1 is 1.00 bits per heavy atom. The van der Waals surface area contributed by atoms with Crippen LogP contribution in [0.3, 0.4) is 0 Å². The molecule has 1 aliphatic heterocycles. The highest BCUT2D eigenvalue weighted by molar-refractivity contribution is 5.95. The van der Waals surface area contributed by atoms with Crippen LogP contribution in [0.15, 0.2) is 72.9 Å². The van der Waals surface area contributed by atoms with Crippen LogP contribution >= 0.6 is 0 Å². The van der Waals surface area contributed by atoms with Crippen LogP contribution in [0.4, 0.5) is 11.5 Å². The van der Waals surface area contributed by atoms with Gasteiger partial charge in [-0.1, -0.05) is 42.5 Å². The lowest BCUT2D eigenvalue weighted by Crippen LogP contribution is -2.23. The molecule has 0 radical (unpaired) electrons. The summed E-state index contributed by atoms with van der Waals surface area (Å²) in [7, 11) is 0. The minimum atomic E-state index is 0.201. The van der Waals surface area contributed by atoms with E-state index >= 15 is 0 Å². The van der Waals surface area contributed by atoms with Gasteiger partial charge in [0.05, 0.1) is 11.9 Å². The Balaban J connectivity index is 1.45. The summed E-state index contributed by atoms with van der Waals surface area (Å²) in [4.78, 5) is 20.7. The Morgan fingerprint density at radius 3 is 2.52 bits per heavy atom. The van der Waals surface area contributed by atoms with Crippen molar-refractivity contribution in [3.05, 3.63) is 78.5 Å². The third kappa shape index (κ3) is 3.77. The minimum absolute atomic E-state index is 0.201. The van der Waals surface area contributed by atoms with Gasteiger partial charge in [-0.15, -0.1) is 5.10 Å². The van der Waals surface area contributed by atoms with Gasteiger partial charge in [0, 0.05) is 37.3 Å². The van der Waals surface area contributed by atoms with Gasteiger partial charge in [0.2, 0.25) is 5.91 Å². The molecule has 1 saturated heterocycles.